The van der Waals surface area contributed by atoms with Gasteiger partial charge >= 0.3 is 6.18 Å². The number of aryl methyl sites for hydroxylation is 1. The van der Waals surface area contributed by atoms with Crippen LogP contribution in [-0.2, 0) is 12.7 Å². The molecule has 1 aromatic carbocycles. The number of nitriles is 1. The quantitative estimate of drug-likeness (QED) is 0.779. The molecule has 3 heterocycles. The summed E-state index contributed by atoms with van der Waals surface area (Å²) < 4.78 is 41.9. The first-order chi connectivity index (χ1) is 15.2. The number of nitrogens with zero attached hydrogens (tertiary/aromatic N) is 5. The molecule has 0 saturated carbocycles. The van der Waals surface area contributed by atoms with Crippen molar-refractivity contribution in [2.45, 2.75) is 26.1 Å². The number of alkyl halides is 3. The van der Waals surface area contributed by atoms with Gasteiger partial charge in [-0.25, -0.2) is 0 Å². The fourth-order valence-corrected chi connectivity index (χ4v) is 4.80. The Hall–Kier alpha value is -3.06. The molecule has 7 nitrogen and oxygen atoms in total. The molecule has 0 aliphatic carbocycles. The highest BCUT2D eigenvalue weighted by Crippen LogP contribution is 2.45. The van der Waals surface area contributed by atoms with Crippen LogP contribution in [0.15, 0.2) is 30.5 Å². The van der Waals surface area contributed by atoms with E-state index in [0.717, 1.165) is 6.07 Å². The third-order valence-electron chi connectivity index (χ3n) is 6.71. The Morgan fingerprint density at radius 1 is 1.34 bits per heavy atom. The third kappa shape index (κ3) is 3.81. The zero-order valence-electron chi connectivity index (χ0n) is 17.6. The number of hydrogen-bond acceptors (Lipinski definition) is 5. The van der Waals surface area contributed by atoms with E-state index >= 15 is 0 Å². The number of amides is 1. The zero-order chi connectivity index (χ0) is 23.1. The van der Waals surface area contributed by atoms with E-state index in [0.29, 0.717) is 50.5 Å². The number of hydrogen-bond donors (Lipinski definition) is 1. The molecule has 2 aliphatic rings. The lowest BCUT2D eigenvalue weighted by molar-refractivity contribution is -0.137. The lowest BCUT2D eigenvalue weighted by Crippen LogP contribution is -2.50. The number of benzene rings is 1. The second-order valence-electron chi connectivity index (χ2n) is 8.50. The van der Waals surface area contributed by atoms with Crippen LogP contribution >= 0.6 is 0 Å². The van der Waals surface area contributed by atoms with Gasteiger partial charge in [-0.15, -0.1) is 0 Å². The fourth-order valence-electron chi connectivity index (χ4n) is 4.80. The van der Waals surface area contributed by atoms with Crippen molar-refractivity contribution in [2.24, 2.45) is 11.3 Å². The van der Waals surface area contributed by atoms with E-state index in [1.807, 2.05) is 11.8 Å². The lowest BCUT2D eigenvalue weighted by atomic mass is 9.73. The first kappa shape index (κ1) is 22.1. The molecule has 2 aromatic rings. The van der Waals surface area contributed by atoms with Gasteiger partial charge < -0.3 is 14.9 Å². The molecule has 1 amide bonds. The summed E-state index contributed by atoms with van der Waals surface area (Å²) >= 11 is 0. The maximum Gasteiger partial charge on any atom is 0.417 e. The molecule has 2 saturated heterocycles. The summed E-state index contributed by atoms with van der Waals surface area (Å²) in [6.45, 7) is 4.13. The molecule has 170 valence electrons. The molecule has 2 atom stereocenters. The number of carbonyl (C=O) groups excluding carboxylic acids is 1. The number of aliphatic hydroxyl groups excluding tert-OH is 1. The minimum absolute atomic E-state index is 0.0940. The number of aromatic nitrogens is 2. The Labute approximate surface area is 183 Å². The van der Waals surface area contributed by atoms with Crippen LogP contribution < -0.4 is 4.90 Å². The summed E-state index contributed by atoms with van der Waals surface area (Å²) in [5.74, 6) is -0.275. The largest absolute Gasteiger partial charge is 0.417 e. The highest BCUT2D eigenvalue weighted by molar-refractivity contribution is 5.92. The summed E-state index contributed by atoms with van der Waals surface area (Å²) in [5, 5.41) is 23.5. The number of piperidine rings is 1. The molecule has 2 fully saturated rings. The summed E-state index contributed by atoms with van der Waals surface area (Å²) in [5.41, 5.74) is -1.16. The standard InChI is InChI=1S/C22H24F3N5O2/c1-2-30-7-5-19(27-30)20(32)28-8-6-21(14-31)13-29(12-16(21)11-28)17-4-3-15(10-26)18(9-17)22(23,24)25/h3-5,7,9,16,31H,2,6,8,11-14H2,1H3/t16-,21+/m1/s1. The van der Waals surface area contributed by atoms with Gasteiger partial charge in [-0.05, 0) is 37.6 Å². The molecule has 0 unspecified atom stereocenters. The first-order valence-corrected chi connectivity index (χ1v) is 10.5. The Morgan fingerprint density at radius 3 is 2.75 bits per heavy atom. The van der Waals surface area contributed by atoms with Gasteiger partial charge in [-0.1, -0.05) is 0 Å². The predicted octanol–water partition coefficient (Wildman–Crippen LogP) is 2.75. The normalized spacial score (nSPS) is 23.2. The summed E-state index contributed by atoms with van der Waals surface area (Å²) in [6.07, 6.45) is -2.34. The van der Waals surface area contributed by atoms with Crippen LogP contribution in [0.3, 0.4) is 0 Å². The van der Waals surface area contributed by atoms with E-state index in [4.69, 9.17) is 5.26 Å². The van der Waals surface area contributed by atoms with E-state index in [-0.39, 0.29) is 18.4 Å². The minimum atomic E-state index is -4.63. The number of aliphatic hydroxyl groups is 1. The maximum atomic E-state index is 13.4. The average Bonchev–Trinajstić information content (AvgIpc) is 3.42. The van der Waals surface area contributed by atoms with Crippen LogP contribution in [0.1, 0.15) is 35.0 Å². The van der Waals surface area contributed by atoms with Gasteiger partial charge in [0.1, 0.15) is 5.69 Å². The van der Waals surface area contributed by atoms with Crippen LogP contribution in [0.5, 0.6) is 0 Å². The minimum Gasteiger partial charge on any atom is -0.396 e. The van der Waals surface area contributed by atoms with Crippen molar-refractivity contribution in [3.63, 3.8) is 0 Å². The van der Waals surface area contributed by atoms with E-state index in [2.05, 4.69) is 5.10 Å². The third-order valence-corrected chi connectivity index (χ3v) is 6.71. The van der Waals surface area contributed by atoms with Crippen molar-refractivity contribution in [3.8, 4) is 6.07 Å². The van der Waals surface area contributed by atoms with Crippen LogP contribution in [0.4, 0.5) is 18.9 Å². The van der Waals surface area contributed by atoms with Crippen molar-refractivity contribution in [3.05, 3.63) is 47.3 Å². The molecule has 2 aliphatic heterocycles. The molecule has 1 N–H and O–H groups in total. The second-order valence-corrected chi connectivity index (χ2v) is 8.50. The van der Waals surface area contributed by atoms with Gasteiger partial charge in [0, 0.05) is 55.9 Å². The number of likely N-dealkylation sites (tertiary alicyclic amines) is 1. The molecule has 0 bridgehead atoms. The highest BCUT2D eigenvalue weighted by Gasteiger charge is 2.50. The topological polar surface area (TPSA) is 85.4 Å². The Morgan fingerprint density at radius 2 is 2.12 bits per heavy atom. The number of fused-ring (bicyclic) bond motifs is 1. The molecule has 0 spiro atoms. The van der Waals surface area contributed by atoms with Gasteiger partial charge in [0.25, 0.3) is 5.91 Å². The monoisotopic (exact) mass is 447 g/mol. The molecule has 1 aromatic heterocycles. The van der Waals surface area contributed by atoms with E-state index in [9.17, 15) is 23.1 Å². The first-order valence-electron chi connectivity index (χ1n) is 10.5. The maximum absolute atomic E-state index is 13.4. The Kier molecular flexibility index (Phi) is 5.63. The fraction of sp³-hybridized carbons (Fsp3) is 0.500. The van der Waals surface area contributed by atoms with Crippen LogP contribution in [0.2, 0.25) is 0 Å². The summed E-state index contributed by atoms with van der Waals surface area (Å²) in [7, 11) is 0. The van der Waals surface area contributed by atoms with E-state index in [1.165, 1.54) is 12.1 Å². The number of rotatable bonds is 4. The zero-order valence-corrected chi connectivity index (χ0v) is 17.6. The van der Waals surface area contributed by atoms with E-state index < -0.39 is 22.7 Å². The molecule has 10 heteroatoms. The SMILES string of the molecule is CCn1ccc(C(=O)N2CC[C@@]3(CO)CN(c4ccc(C#N)c(C(F)(F)F)c4)C[C@H]3C2)n1. The number of halogens is 3. The van der Waals surface area contributed by atoms with Crippen LogP contribution in [0.25, 0.3) is 0 Å². The van der Waals surface area contributed by atoms with Gasteiger partial charge in [0.15, 0.2) is 0 Å². The van der Waals surface area contributed by atoms with E-state index in [1.54, 1.807) is 27.9 Å². The average molecular weight is 447 g/mol. The van der Waals surface area contributed by atoms with Gasteiger partial charge in [0.05, 0.1) is 23.8 Å². The Bertz CT molecular complexity index is 1060. The number of anilines is 1. The number of carbonyl (C=O) groups is 1. The van der Waals surface area contributed by atoms with Gasteiger partial charge in [-0.2, -0.15) is 23.5 Å². The predicted molar refractivity (Wildman–Crippen MR) is 110 cm³/mol. The van der Waals surface area contributed by atoms with Crippen LogP contribution in [0, 0.1) is 22.7 Å². The molecule has 4 rings (SSSR count). The molecule has 0 radical (unpaired) electrons. The van der Waals surface area contributed by atoms with Gasteiger partial charge in [0.2, 0.25) is 0 Å². The van der Waals surface area contributed by atoms with Crippen molar-refractivity contribution >= 4 is 11.6 Å². The molecular formula is C22H24F3N5O2. The van der Waals surface area contributed by atoms with Crippen molar-refractivity contribution in [2.75, 3.05) is 37.7 Å². The van der Waals surface area contributed by atoms with Crippen molar-refractivity contribution < 1.29 is 23.1 Å². The summed E-state index contributed by atoms with van der Waals surface area (Å²) in [6, 6.07) is 6.97. The van der Waals surface area contributed by atoms with Crippen molar-refractivity contribution in [1.82, 2.24) is 14.7 Å². The molecular weight excluding hydrogens is 423 g/mol. The second kappa shape index (κ2) is 8.13. The highest BCUT2D eigenvalue weighted by atomic mass is 19.4. The van der Waals surface area contributed by atoms with Gasteiger partial charge in [-0.3, -0.25) is 9.48 Å². The molecule has 32 heavy (non-hydrogen) atoms. The van der Waals surface area contributed by atoms with Crippen molar-refractivity contribution in [1.29, 1.82) is 5.26 Å². The Balaban J connectivity index is 1.56. The summed E-state index contributed by atoms with van der Waals surface area (Å²) in [4.78, 5) is 16.4. The lowest BCUT2D eigenvalue weighted by Gasteiger charge is -2.42. The smallest absolute Gasteiger partial charge is 0.396 e. The van der Waals surface area contributed by atoms with Crippen LogP contribution in [-0.4, -0.2) is 58.5 Å².